The molecule has 0 bridgehead atoms. The predicted octanol–water partition coefficient (Wildman–Crippen LogP) is 2.19. The summed E-state index contributed by atoms with van der Waals surface area (Å²) in [6, 6.07) is 5.04. The fraction of sp³-hybridized carbons (Fsp3) is 0.533. The Morgan fingerprint density at radius 1 is 1.40 bits per heavy atom. The van der Waals surface area contributed by atoms with Crippen molar-refractivity contribution in [2.24, 2.45) is 0 Å². The Morgan fingerprint density at radius 3 is 2.80 bits per heavy atom. The topological polar surface area (TPSA) is 60.8 Å². The van der Waals surface area contributed by atoms with E-state index in [1.165, 1.54) is 12.1 Å². The van der Waals surface area contributed by atoms with Crippen molar-refractivity contribution in [1.82, 2.24) is 4.90 Å². The lowest BCUT2D eigenvalue weighted by atomic mass is 9.94. The molecule has 1 aliphatic heterocycles. The van der Waals surface area contributed by atoms with Crippen LogP contribution in [0.2, 0.25) is 0 Å². The normalized spacial score (nSPS) is 21.6. The molecule has 0 radical (unpaired) electrons. The zero-order valence-corrected chi connectivity index (χ0v) is 11.3. The van der Waals surface area contributed by atoms with Crippen molar-refractivity contribution in [1.29, 1.82) is 0 Å². The van der Waals surface area contributed by atoms with Crippen LogP contribution in [0.1, 0.15) is 37.3 Å². The minimum absolute atomic E-state index is 0.00513. The molecular formula is C15H20FNO3. The molecule has 4 nitrogen and oxygen atoms in total. The van der Waals surface area contributed by atoms with Crippen molar-refractivity contribution < 1.29 is 19.4 Å². The molecule has 5 heteroatoms. The maximum absolute atomic E-state index is 13.9. The second-order valence-corrected chi connectivity index (χ2v) is 5.16. The number of aliphatic hydroxyl groups is 1. The summed E-state index contributed by atoms with van der Waals surface area (Å²) >= 11 is 0. The Hall–Kier alpha value is -1.46. The molecule has 2 atom stereocenters. The van der Waals surface area contributed by atoms with Gasteiger partial charge in [0.05, 0.1) is 0 Å². The van der Waals surface area contributed by atoms with E-state index in [0.717, 1.165) is 19.3 Å². The van der Waals surface area contributed by atoms with Gasteiger partial charge in [0.25, 0.3) is 0 Å². The molecule has 1 saturated heterocycles. The summed E-state index contributed by atoms with van der Waals surface area (Å²) < 4.78 is 13.9. The highest BCUT2D eigenvalue weighted by molar-refractivity contribution is 5.75. The highest BCUT2D eigenvalue weighted by Gasteiger charge is 2.35. The van der Waals surface area contributed by atoms with Crippen LogP contribution in [0.4, 0.5) is 4.39 Å². The van der Waals surface area contributed by atoms with E-state index >= 15 is 0 Å². The average Bonchev–Trinajstić information content (AvgIpc) is 2.43. The third-order valence-electron chi connectivity index (χ3n) is 3.90. The predicted molar refractivity (Wildman–Crippen MR) is 72.8 cm³/mol. The van der Waals surface area contributed by atoms with Gasteiger partial charge in [-0.2, -0.15) is 0 Å². The summed E-state index contributed by atoms with van der Waals surface area (Å²) in [6.45, 7) is 0.640. The zero-order chi connectivity index (χ0) is 14.5. The fourth-order valence-electron chi connectivity index (χ4n) is 2.97. The number of piperidine rings is 1. The van der Waals surface area contributed by atoms with Gasteiger partial charge < -0.3 is 10.2 Å². The first-order chi connectivity index (χ1) is 9.65. The number of carboxylic acids is 1. The van der Waals surface area contributed by atoms with E-state index in [-0.39, 0.29) is 18.2 Å². The molecule has 1 aromatic carbocycles. The number of rotatable bonds is 5. The number of carboxylic acid groups (broad SMARTS) is 1. The van der Waals surface area contributed by atoms with Crippen LogP contribution in [0.25, 0.3) is 0 Å². The van der Waals surface area contributed by atoms with Crippen molar-refractivity contribution in [2.75, 3.05) is 13.2 Å². The van der Waals surface area contributed by atoms with Gasteiger partial charge in [-0.05, 0) is 31.9 Å². The Morgan fingerprint density at radius 2 is 2.15 bits per heavy atom. The second kappa shape index (κ2) is 6.81. The molecule has 20 heavy (non-hydrogen) atoms. The van der Waals surface area contributed by atoms with E-state index in [4.69, 9.17) is 5.11 Å². The third kappa shape index (κ3) is 3.16. The molecule has 1 aromatic rings. The van der Waals surface area contributed by atoms with Gasteiger partial charge in [0, 0.05) is 18.2 Å². The molecule has 0 spiro atoms. The summed E-state index contributed by atoms with van der Waals surface area (Å²) in [7, 11) is 0. The van der Waals surface area contributed by atoms with Crippen molar-refractivity contribution in [2.45, 2.75) is 37.8 Å². The molecular weight excluding hydrogens is 261 g/mol. The average molecular weight is 281 g/mol. The van der Waals surface area contributed by atoms with Gasteiger partial charge in [0.2, 0.25) is 0 Å². The lowest BCUT2D eigenvalue weighted by Gasteiger charge is -2.39. The molecule has 2 N–H and O–H groups in total. The van der Waals surface area contributed by atoms with Gasteiger partial charge in [-0.1, -0.05) is 24.6 Å². The minimum Gasteiger partial charge on any atom is -0.480 e. The largest absolute Gasteiger partial charge is 0.480 e. The molecule has 0 aromatic heterocycles. The Labute approximate surface area is 117 Å². The van der Waals surface area contributed by atoms with Crippen LogP contribution in [-0.2, 0) is 4.79 Å². The monoisotopic (exact) mass is 281 g/mol. The quantitative estimate of drug-likeness (QED) is 0.868. The molecule has 2 rings (SSSR count). The third-order valence-corrected chi connectivity index (χ3v) is 3.90. The minimum atomic E-state index is -1.04. The molecule has 2 unspecified atom stereocenters. The van der Waals surface area contributed by atoms with Crippen LogP contribution in [0, 0.1) is 5.82 Å². The molecule has 1 aliphatic rings. The summed E-state index contributed by atoms with van der Waals surface area (Å²) in [5.41, 5.74) is 0.199. The number of benzene rings is 1. The van der Waals surface area contributed by atoms with Gasteiger partial charge in [-0.3, -0.25) is 9.69 Å². The SMILES string of the molecule is O=C(O)C(c1ccccc1F)N1CCCCC1CCO. The lowest BCUT2D eigenvalue weighted by Crippen LogP contribution is -2.45. The molecule has 1 heterocycles. The first-order valence-electron chi connectivity index (χ1n) is 6.99. The smallest absolute Gasteiger partial charge is 0.325 e. The highest BCUT2D eigenvalue weighted by Crippen LogP contribution is 2.31. The Balaban J connectivity index is 2.32. The van der Waals surface area contributed by atoms with Crippen LogP contribution in [-0.4, -0.2) is 40.3 Å². The van der Waals surface area contributed by atoms with Gasteiger partial charge in [-0.25, -0.2) is 4.39 Å². The van der Waals surface area contributed by atoms with Crippen LogP contribution in [0.15, 0.2) is 24.3 Å². The van der Waals surface area contributed by atoms with Gasteiger partial charge in [0.15, 0.2) is 0 Å². The van der Waals surface area contributed by atoms with Crippen molar-refractivity contribution >= 4 is 5.97 Å². The molecule has 0 amide bonds. The molecule has 110 valence electrons. The van der Waals surface area contributed by atoms with Gasteiger partial charge >= 0.3 is 5.97 Å². The van der Waals surface area contributed by atoms with Crippen LogP contribution >= 0.6 is 0 Å². The van der Waals surface area contributed by atoms with Crippen molar-refractivity contribution in [3.63, 3.8) is 0 Å². The molecule has 0 saturated carbocycles. The number of aliphatic carboxylic acids is 1. The number of hydrogen-bond acceptors (Lipinski definition) is 3. The van der Waals surface area contributed by atoms with Crippen molar-refractivity contribution in [3.05, 3.63) is 35.6 Å². The van der Waals surface area contributed by atoms with Crippen LogP contribution < -0.4 is 0 Å². The van der Waals surface area contributed by atoms with E-state index in [0.29, 0.717) is 13.0 Å². The lowest BCUT2D eigenvalue weighted by molar-refractivity contribution is -0.145. The summed E-state index contributed by atoms with van der Waals surface area (Å²) in [5.74, 6) is -1.53. The summed E-state index contributed by atoms with van der Waals surface area (Å²) in [5, 5.41) is 18.7. The van der Waals surface area contributed by atoms with E-state index in [1.807, 2.05) is 4.90 Å². The Bertz CT molecular complexity index is 464. The standard InChI is InChI=1S/C15H20FNO3/c16-13-7-2-1-6-12(13)14(15(19)20)17-9-4-3-5-11(17)8-10-18/h1-2,6-7,11,14,18H,3-5,8-10H2,(H,19,20). The second-order valence-electron chi connectivity index (χ2n) is 5.16. The highest BCUT2D eigenvalue weighted by atomic mass is 19.1. The zero-order valence-electron chi connectivity index (χ0n) is 11.3. The van der Waals surface area contributed by atoms with E-state index < -0.39 is 17.8 Å². The van der Waals surface area contributed by atoms with E-state index in [9.17, 15) is 14.3 Å². The first-order valence-corrected chi connectivity index (χ1v) is 6.99. The fourth-order valence-corrected chi connectivity index (χ4v) is 2.97. The number of aliphatic hydroxyl groups excluding tert-OH is 1. The number of carbonyl (C=O) groups is 1. The number of hydrogen-bond donors (Lipinski definition) is 2. The summed E-state index contributed by atoms with van der Waals surface area (Å²) in [6.07, 6.45) is 3.29. The number of nitrogens with zero attached hydrogens (tertiary/aromatic N) is 1. The van der Waals surface area contributed by atoms with Crippen LogP contribution in [0.5, 0.6) is 0 Å². The van der Waals surface area contributed by atoms with Gasteiger partial charge in [-0.15, -0.1) is 0 Å². The van der Waals surface area contributed by atoms with Crippen LogP contribution in [0.3, 0.4) is 0 Å². The van der Waals surface area contributed by atoms with E-state index in [2.05, 4.69) is 0 Å². The maximum Gasteiger partial charge on any atom is 0.325 e. The number of likely N-dealkylation sites (tertiary alicyclic amines) is 1. The number of halogens is 1. The molecule has 0 aliphatic carbocycles. The van der Waals surface area contributed by atoms with Crippen molar-refractivity contribution in [3.8, 4) is 0 Å². The van der Waals surface area contributed by atoms with Gasteiger partial charge in [0.1, 0.15) is 11.9 Å². The summed E-state index contributed by atoms with van der Waals surface area (Å²) in [4.78, 5) is 13.5. The molecule has 1 fully saturated rings. The maximum atomic E-state index is 13.9. The first kappa shape index (κ1) is 14.9. The Kier molecular flexibility index (Phi) is 5.09. The van der Waals surface area contributed by atoms with E-state index in [1.54, 1.807) is 12.1 Å².